The lowest BCUT2D eigenvalue weighted by Gasteiger charge is -2.33. The molecule has 0 unspecified atom stereocenters. The lowest BCUT2D eigenvalue weighted by atomic mass is 9.93. The van der Waals surface area contributed by atoms with Crippen molar-refractivity contribution in [2.45, 2.75) is 32.1 Å². The topological polar surface area (TPSA) is 92.4 Å². The fourth-order valence-corrected chi connectivity index (χ4v) is 3.43. The SMILES string of the molecule is NC(=O)c1nccnc1N1CCC(CC(=O)N2CCCC2)CC1. The molecule has 1 aromatic rings. The van der Waals surface area contributed by atoms with Gasteiger partial charge >= 0.3 is 0 Å². The summed E-state index contributed by atoms with van der Waals surface area (Å²) in [5.74, 6) is 0.704. The molecule has 2 aliphatic rings. The quantitative estimate of drug-likeness (QED) is 0.887. The average molecular weight is 317 g/mol. The number of carbonyl (C=O) groups is 2. The molecule has 0 saturated carbocycles. The Morgan fingerprint density at radius 2 is 1.74 bits per heavy atom. The number of anilines is 1. The second-order valence-corrected chi connectivity index (χ2v) is 6.32. The van der Waals surface area contributed by atoms with Crippen molar-refractivity contribution in [1.82, 2.24) is 14.9 Å². The molecular weight excluding hydrogens is 294 g/mol. The number of nitrogens with zero attached hydrogens (tertiary/aromatic N) is 4. The Kier molecular flexibility index (Phi) is 4.73. The second kappa shape index (κ2) is 6.93. The van der Waals surface area contributed by atoms with Crippen molar-refractivity contribution in [3.05, 3.63) is 18.1 Å². The number of carbonyl (C=O) groups excluding carboxylic acids is 2. The third-order valence-electron chi connectivity index (χ3n) is 4.75. The molecule has 0 aromatic carbocycles. The highest BCUT2D eigenvalue weighted by molar-refractivity contribution is 5.95. The highest BCUT2D eigenvalue weighted by Gasteiger charge is 2.27. The Labute approximate surface area is 135 Å². The maximum atomic E-state index is 12.2. The van der Waals surface area contributed by atoms with Crippen LogP contribution in [0, 0.1) is 5.92 Å². The van der Waals surface area contributed by atoms with Gasteiger partial charge in [0, 0.05) is 45.0 Å². The number of nitrogens with two attached hydrogens (primary N) is 1. The standard InChI is InChI=1S/C16H23N5O2/c17-15(23)14-16(19-6-5-18-14)21-9-3-12(4-10-21)11-13(22)20-7-1-2-8-20/h5-6,12H,1-4,7-11H2,(H2,17,23). The van der Waals surface area contributed by atoms with Crippen LogP contribution in [0.4, 0.5) is 5.82 Å². The van der Waals surface area contributed by atoms with Crippen LogP contribution in [0.5, 0.6) is 0 Å². The molecule has 0 atom stereocenters. The molecule has 2 N–H and O–H groups in total. The third kappa shape index (κ3) is 3.60. The molecule has 0 radical (unpaired) electrons. The zero-order chi connectivity index (χ0) is 16.2. The molecule has 0 aliphatic carbocycles. The molecule has 7 nitrogen and oxygen atoms in total. The zero-order valence-electron chi connectivity index (χ0n) is 13.3. The van der Waals surface area contributed by atoms with E-state index < -0.39 is 5.91 Å². The van der Waals surface area contributed by atoms with Crippen molar-refractivity contribution in [3.8, 4) is 0 Å². The molecule has 1 aromatic heterocycles. The lowest BCUT2D eigenvalue weighted by Crippen LogP contribution is -2.38. The number of hydrogen-bond acceptors (Lipinski definition) is 5. The summed E-state index contributed by atoms with van der Waals surface area (Å²) < 4.78 is 0. The van der Waals surface area contributed by atoms with Crippen LogP contribution < -0.4 is 10.6 Å². The molecule has 3 heterocycles. The lowest BCUT2D eigenvalue weighted by molar-refractivity contribution is -0.131. The van der Waals surface area contributed by atoms with E-state index in [4.69, 9.17) is 5.73 Å². The van der Waals surface area contributed by atoms with Crippen LogP contribution in [0.1, 0.15) is 42.6 Å². The van der Waals surface area contributed by atoms with E-state index in [-0.39, 0.29) is 5.69 Å². The number of piperidine rings is 1. The molecule has 2 amide bonds. The monoisotopic (exact) mass is 317 g/mol. The number of primary amides is 1. The minimum Gasteiger partial charge on any atom is -0.364 e. The van der Waals surface area contributed by atoms with Gasteiger partial charge in [-0.25, -0.2) is 9.97 Å². The summed E-state index contributed by atoms with van der Waals surface area (Å²) in [6.45, 7) is 3.38. The number of amides is 2. The summed E-state index contributed by atoms with van der Waals surface area (Å²) in [7, 11) is 0. The summed E-state index contributed by atoms with van der Waals surface area (Å²) in [6, 6.07) is 0. The van der Waals surface area contributed by atoms with Gasteiger partial charge in [0.2, 0.25) is 5.91 Å². The van der Waals surface area contributed by atoms with Gasteiger partial charge in [0.25, 0.3) is 5.91 Å². The van der Waals surface area contributed by atoms with Gasteiger partial charge in [-0.3, -0.25) is 9.59 Å². The maximum absolute atomic E-state index is 12.2. The predicted molar refractivity (Wildman–Crippen MR) is 85.9 cm³/mol. The second-order valence-electron chi connectivity index (χ2n) is 6.32. The number of rotatable bonds is 4. The summed E-state index contributed by atoms with van der Waals surface area (Å²) >= 11 is 0. The Morgan fingerprint density at radius 1 is 1.09 bits per heavy atom. The molecule has 7 heteroatoms. The molecule has 0 bridgehead atoms. The van der Waals surface area contributed by atoms with Crippen molar-refractivity contribution in [2.75, 3.05) is 31.1 Å². The normalized spacial score (nSPS) is 19.1. The summed E-state index contributed by atoms with van der Waals surface area (Å²) in [4.78, 5) is 36.0. The molecule has 2 fully saturated rings. The van der Waals surface area contributed by atoms with E-state index >= 15 is 0 Å². The first-order valence-corrected chi connectivity index (χ1v) is 8.28. The van der Waals surface area contributed by atoms with Gasteiger partial charge in [0.1, 0.15) is 0 Å². The summed E-state index contributed by atoms with van der Waals surface area (Å²) in [5.41, 5.74) is 5.59. The summed E-state index contributed by atoms with van der Waals surface area (Å²) in [6.07, 6.45) is 7.80. The van der Waals surface area contributed by atoms with Gasteiger partial charge in [0.05, 0.1) is 0 Å². The molecule has 2 aliphatic heterocycles. The van der Waals surface area contributed by atoms with E-state index in [9.17, 15) is 9.59 Å². The van der Waals surface area contributed by atoms with Crippen molar-refractivity contribution < 1.29 is 9.59 Å². The smallest absolute Gasteiger partial charge is 0.271 e. The van der Waals surface area contributed by atoms with Gasteiger partial charge in [-0.1, -0.05) is 0 Å². The van der Waals surface area contributed by atoms with E-state index in [0.717, 1.165) is 51.9 Å². The van der Waals surface area contributed by atoms with Crippen molar-refractivity contribution >= 4 is 17.6 Å². The Balaban J connectivity index is 1.56. The Bertz CT molecular complexity index is 578. The van der Waals surface area contributed by atoms with E-state index in [1.165, 1.54) is 6.20 Å². The molecule has 2 saturated heterocycles. The molecule has 3 rings (SSSR count). The average Bonchev–Trinajstić information content (AvgIpc) is 3.10. The minimum atomic E-state index is -0.556. The van der Waals surface area contributed by atoms with E-state index in [2.05, 4.69) is 9.97 Å². The van der Waals surface area contributed by atoms with Crippen molar-refractivity contribution in [1.29, 1.82) is 0 Å². The number of hydrogen-bond donors (Lipinski definition) is 1. The van der Waals surface area contributed by atoms with Crippen molar-refractivity contribution in [2.24, 2.45) is 11.7 Å². The van der Waals surface area contributed by atoms with Crippen LogP contribution >= 0.6 is 0 Å². The van der Waals surface area contributed by atoms with Gasteiger partial charge < -0.3 is 15.5 Å². The van der Waals surface area contributed by atoms with Crippen LogP contribution in [-0.4, -0.2) is 52.9 Å². The fraction of sp³-hybridized carbons (Fsp3) is 0.625. The fourth-order valence-electron chi connectivity index (χ4n) is 3.43. The van der Waals surface area contributed by atoms with Crippen LogP contribution in [0.15, 0.2) is 12.4 Å². The van der Waals surface area contributed by atoms with Crippen LogP contribution in [0.25, 0.3) is 0 Å². The first-order valence-electron chi connectivity index (χ1n) is 8.28. The predicted octanol–water partition coefficient (Wildman–Crippen LogP) is 0.804. The Hall–Kier alpha value is -2.18. The first kappa shape index (κ1) is 15.7. The van der Waals surface area contributed by atoms with Gasteiger partial charge in [-0.15, -0.1) is 0 Å². The van der Waals surface area contributed by atoms with E-state index in [1.54, 1.807) is 6.20 Å². The third-order valence-corrected chi connectivity index (χ3v) is 4.75. The number of aromatic nitrogens is 2. The Morgan fingerprint density at radius 3 is 2.39 bits per heavy atom. The largest absolute Gasteiger partial charge is 0.364 e. The number of likely N-dealkylation sites (tertiary alicyclic amines) is 1. The molecule has 124 valence electrons. The van der Waals surface area contributed by atoms with Crippen LogP contribution in [0.2, 0.25) is 0 Å². The van der Waals surface area contributed by atoms with Gasteiger partial charge in [0.15, 0.2) is 11.5 Å². The zero-order valence-corrected chi connectivity index (χ0v) is 13.3. The highest BCUT2D eigenvalue weighted by atomic mass is 16.2. The maximum Gasteiger partial charge on any atom is 0.271 e. The first-order chi connectivity index (χ1) is 11.1. The van der Waals surface area contributed by atoms with E-state index in [1.807, 2.05) is 9.80 Å². The van der Waals surface area contributed by atoms with Crippen LogP contribution in [-0.2, 0) is 4.79 Å². The highest BCUT2D eigenvalue weighted by Crippen LogP contribution is 2.26. The van der Waals surface area contributed by atoms with Crippen molar-refractivity contribution in [3.63, 3.8) is 0 Å². The van der Waals surface area contributed by atoms with Crippen LogP contribution in [0.3, 0.4) is 0 Å². The van der Waals surface area contributed by atoms with E-state index in [0.29, 0.717) is 24.1 Å². The molecule has 23 heavy (non-hydrogen) atoms. The minimum absolute atomic E-state index is 0.221. The van der Waals surface area contributed by atoms with Gasteiger partial charge in [-0.2, -0.15) is 0 Å². The summed E-state index contributed by atoms with van der Waals surface area (Å²) in [5, 5.41) is 0. The molecule has 0 spiro atoms. The van der Waals surface area contributed by atoms with Gasteiger partial charge in [-0.05, 0) is 31.6 Å². The molecular formula is C16H23N5O2.